The van der Waals surface area contributed by atoms with Crippen molar-refractivity contribution >= 4 is 14.5 Å². The van der Waals surface area contributed by atoms with Crippen LogP contribution in [0.15, 0.2) is 0 Å². The topological polar surface area (TPSA) is 87.6 Å². The van der Waals surface area contributed by atoms with Crippen molar-refractivity contribution in [1.82, 2.24) is 0 Å². The Labute approximate surface area is 129 Å². The van der Waals surface area contributed by atoms with Crippen molar-refractivity contribution in [3.63, 3.8) is 0 Å². The van der Waals surface area contributed by atoms with Gasteiger partial charge in [0.25, 0.3) is 0 Å². The smallest absolute Gasteiger partial charge is 0.372 e. The number of nitrogens with two attached hydrogens (primary N) is 2. The lowest BCUT2D eigenvalue weighted by Gasteiger charge is -2.40. The number of primary amides is 1. The van der Waals surface area contributed by atoms with Gasteiger partial charge in [-0.25, -0.2) is 22.0 Å². The van der Waals surface area contributed by atoms with E-state index in [-0.39, 0.29) is 6.04 Å². The molecule has 1 amide bonds. The van der Waals surface area contributed by atoms with Gasteiger partial charge in [0.1, 0.15) is 0 Å². The molecule has 0 radical (unpaired) electrons. The van der Waals surface area contributed by atoms with Crippen LogP contribution in [0.2, 0.25) is 6.04 Å². The molecule has 0 fully saturated rings. The largest absolute Gasteiger partial charge is 0.396 e. The molecule has 1 rings (SSSR count). The molecule has 1 aromatic carbocycles. The van der Waals surface area contributed by atoms with E-state index >= 15 is 0 Å². The summed E-state index contributed by atoms with van der Waals surface area (Å²) >= 11 is 0. The van der Waals surface area contributed by atoms with Crippen LogP contribution in [0.25, 0.3) is 0 Å². The second-order valence-corrected chi connectivity index (χ2v) is 8.45. The highest BCUT2D eigenvalue weighted by Crippen LogP contribution is 2.38. The molecule has 1 atom stereocenters. The van der Waals surface area contributed by atoms with Crippen LogP contribution in [-0.4, -0.2) is 28.7 Å². The molecule has 130 valence electrons. The highest BCUT2D eigenvalue weighted by molar-refractivity contribution is 6.74. The molecule has 1 unspecified atom stereocenters. The maximum atomic E-state index is 14.1. The third kappa shape index (κ3) is 2.53. The van der Waals surface area contributed by atoms with E-state index in [1.807, 2.05) is 0 Å². The third-order valence-corrected chi connectivity index (χ3v) is 7.67. The van der Waals surface area contributed by atoms with Gasteiger partial charge in [0.2, 0.25) is 11.7 Å². The summed E-state index contributed by atoms with van der Waals surface area (Å²) in [5.74, 6) is -12.9. The minimum Gasteiger partial charge on any atom is -0.396 e. The molecule has 0 aliphatic carbocycles. The number of hydrogen-bond donors (Lipinski definition) is 2. The van der Waals surface area contributed by atoms with Crippen LogP contribution in [0.1, 0.15) is 12.5 Å². The van der Waals surface area contributed by atoms with Gasteiger partial charge in [0, 0.05) is 14.2 Å². The Hall–Kier alpha value is -1.56. The van der Waals surface area contributed by atoms with Gasteiger partial charge in [-0.05, 0) is 6.04 Å². The summed E-state index contributed by atoms with van der Waals surface area (Å²) in [5.41, 5.74) is 9.32. The first-order valence-electron chi connectivity index (χ1n) is 6.26. The minimum atomic E-state index is -4.03. The molecule has 0 aromatic heterocycles. The zero-order valence-electron chi connectivity index (χ0n) is 12.5. The molecule has 0 spiro atoms. The molecule has 0 bridgehead atoms. The Morgan fingerprint density at radius 2 is 1.35 bits per heavy atom. The van der Waals surface area contributed by atoms with Gasteiger partial charge < -0.3 is 20.3 Å². The normalized spacial score (nSPS) is 14.7. The van der Waals surface area contributed by atoms with Gasteiger partial charge in [-0.15, -0.1) is 0 Å². The maximum Gasteiger partial charge on any atom is 0.372 e. The SMILES string of the molecule is CC[Si](OC)(OC)C(N)(C(N)=O)c1c(F)c(F)c(F)c(F)c1F. The van der Waals surface area contributed by atoms with Gasteiger partial charge >= 0.3 is 8.56 Å². The molecule has 0 saturated carbocycles. The molecule has 23 heavy (non-hydrogen) atoms. The summed E-state index contributed by atoms with van der Waals surface area (Å²) in [6.07, 6.45) is 0. The van der Waals surface area contributed by atoms with E-state index in [1.54, 1.807) is 0 Å². The summed E-state index contributed by atoms with van der Waals surface area (Å²) in [7, 11) is -1.96. The number of halogens is 5. The third-order valence-electron chi connectivity index (χ3n) is 3.72. The molecule has 0 saturated heterocycles. The predicted octanol–water partition coefficient (Wildman–Crippen LogP) is 1.32. The fourth-order valence-corrected chi connectivity index (χ4v) is 5.35. The average Bonchev–Trinajstić information content (AvgIpc) is 2.53. The van der Waals surface area contributed by atoms with Crippen LogP contribution in [-0.2, 0) is 18.8 Å². The van der Waals surface area contributed by atoms with Crippen molar-refractivity contribution in [1.29, 1.82) is 0 Å². The van der Waals surface area contributed by atoms with E-state index in [0.29, 0.717) is 0 Å². The monoisotopic (exact) mass is 358 g/mol. The van der Waals surface area contributed by atoms with Crippen LogP contribution in [0, 0.1) is 29.1 Å². The number of rotatable bonds is 6. The van der Waals surface area contributed by atoms with Gasteiger partial charge in [0.05, 0.1) is 5.56 Å². The lowest BCUT2D eigenvalue weighted by atomic mass is 10.0. The molecule has 0 aliphatic rings. The molecule has 1 aromatic rings. The van der Waals surface area contributed by atoms with E-state index in [2.05, 4.69) is 0 Å². The number of carbonyl (C=O) groups is 1. The molecule has 11 heteroatoms. The standard InChI is InChI=1S/C12H15F5N2O3Si/c1-4-23(21-2,22-3)12(19,11(18)20)5-6(13)8(15)10(17)9(16)7(5)14/h4,19H2,1-3H3,(H2,18,20). The average molecular weight is 358 g/mol. The first kappa shape index (κ1) is 19.5. The van der Waals surface area contributed by atoms with E-state index in [9.17, 15) is 26.7 Å². The Morgan fingerprint density at radius 1 is 1.00 bits per heavy atom. The van der Waals surface area contributed by atoms with Crippen molar-refractivity contribution in [2.45, 2.75) is 18.1 Å². The Kier molecular flexibility index (Phi) is 5.52. The van der Waals surface area contributed by atoms with Crippen molar-refractivity contribution < 1.29 is 35.6 Å². The molecular formula is C12H15F5N2O3Si. The van der Waals surface area contributed by atoms with E-state index in [0.717, 1.165) is 14.2 Å². The van der Waals surface area contributed by atoms with Crippen LogP contribution < -0.4 is 11.5 Å². The quantitative estimate of drug-likeness (QED) is 0.347. The Balaban J connectivity index is 3.98. The van der Waals surface area contributed by atoms with Crippen molar-refractivity contribution in [2.75, 3.05) is 14.2 Å². The summed E-state index contributed by atoms with van der Waals surface area (Å²) in [5, 5.41) is -2.85. The maximum absolute atomic E-state index is 14.1. The van der Waals surface area contributed by atoms with Gasteiger partial charge in [0.15, 0.2) is 28.4 Å². The highest BCUT2D eigenvalue weighted by Gasteiger charge is 2.62. The molecule has 5 nitrogen and oxygen atoms in total. The van der Waals surface area contributed by atoms with Gasteiger partial charge in [-0.1, -0.05) is 6.92 Å². The fraction of sp³-hybridized carbons (Fsp3) is 0.417. The Bertz CT molecular complexity index is 604. The molecule has 0 heterocycles. The van der Waals surface area contributed by atoms with Crippen molar-refractivity contribution in [3.8, 4) is 0 Å². The van der Waals surface area contributed by atoms with E-state index < -0.39 is 54.3 Å². The number of carbonyl (C=O) groups excluding carboxylic acids is 1. The van der Waals surface area contributed by atoms with Gasteiger partial charge in [-0.2, -0.15) is 0 Å². The first-order chi connectivity index (χ1) is 10.6. The lowest BCUT2D eigenvalue weighted by molar-refractivity contribution is -0.122. The molecule has 4 N–H and O–H groups in total. The van der Waals surface area contributed by atoms with Crippen molar-refractivity contribution in [3.05, 3.63) is 34.6 Å². The van der Waals surface area contributed by atoms with Crippen LogP contribution in [0.3, 0.4) is 0 Å². The van der Waals surface area contributed by atoms with Crippen LogP contribution in [0.4, 0.5) is 22.0 Å². The van der Waals surface area contributed by atoms with E-state index in [1.165, 1.54) is 6.92 Å². The molecule has 0 aliphatic heterocycles. The predicted molar refractivity (Wildman–Crippen MR) is 71.5 cm³/mol. The zero-order chi connectivity index (χ0) is 18.2. The van der Waals surface area contributed by atoms with Crippen LogP contribution in [0.5, 0.6) is 0 Å². The summed E-state index contributed by atoms with van der Waals surface area (Å²) in [6, 6.07) is -0.154. The lowest BCUT2D eigenvalue weighted by Crippen LogP contribution is -2.71. The highest BCUT2D eigenvalue weighted by atomic mass is 28.4. The summed E-state index contributed by atoms with van der Waals surface area (Å²) < 4.78 is 78.4. The zero-order valence-corrected chi connectivity index (χ0v) is 13.5. The Morgan fingerprint density at radius 3 is 1.61 bits per heavy atom. The van der Waals surface area contributed by atoms with Crippen LogP contribution >= 0.6 is 0 Å². The fourth-order valence-electron chi connectivity index (χ4n) is 2.43. The van der Waals surface area contributed by atoms with Gasteiger partial charge in [-0.3, -0.25) is 4.79 Å². The molecular weight excluding hydrogens is 343 g/mol. The summed E-state index contributed by atoms with van der Waals surface area (Å²) in [4.78, 5) is 11.9. The minimum absolute atomic E-state index is 0.154. The summed E-state index contributed by atoms with van der Waals surface area (Å²) in [6.45, 7) is 1.41. The van der Waals surface area contributed by atoms with E-state index in [4.69, 9.17) is 20.3 Å². The number of hydrogen-bond acceptors (Lipinski definition) is 4. The number of benzene rings is 1. The second-order valence-electron chi connectivity index (χ2n) is 4.63. The van der Waals surface area contributed by atoms with Crippen molar-refractivity contribution in [2.24, 2.45) is 11.5 Å². The first-order valence-corrected chi connectivity index (χ1v) is 8.29. The number of amides is 1. The second kappa shape index (κ2) is 6.51.